The molecule has 0 N–H and O–H groups in total. The van der Waals surface area contributed by atoms with Gasteiger partial charge in [-0.05, 0) is 38.3 Å². The van der Waals surface area contributed by atoms with Gasteiger partial charge < -0.3 is 9.47 Å². The van der Waals surface area contributed by atoms with Crippen LogP contribution in [0.1, 0.15) is 36.9 Å². The molecule has 24 heavy (non-hydrogen) atoms. The summed E-state index contributed by atoms with van der Waals surface area (Å²) in [6, 6.07) is 9.64. The number of para-hydroxylation sites is 1. The quantitative estimate of drug-likeness (QED) is 0.744. The number of benzene rings is 1. The first-order valence-corrected chi connectivity index (χ1v) is 8.59. The molecule has 1 aromatic carbocycles. The number of hydrogen-bond donors (Lipinski definition) is 0. The Bertz CT molecular complexity index is 694. The van der Waals surface area contributed by atoms with E-state index in [1.807, 2.05) is 37.3 Å². The maximum Gasteiger partial charge on any atom is 0.306 e. The highest BCUT2D eigenvalue weighted by atomic mass is 35.5. The van der Waals surface area contributed by atoms with Crippen LogP contribution in [-0.4, -0.2) is 28.5 Å². The van der Waals surface area contributed by atoms with Crippen molar-refractivity contribution in [3.8, 4) is 5.69 Å². The van der Waals surface area contributed by atoms with Gasteiger partial charge >= 0.3 is 5.97 Å². The molecule has 1 aliphatic heterocycles. The summed E-state index contributed by atoms with van der Waals surface area (Å²) in [6.07, 6.45) is 3.39. The van der Waals surface area contributed by atoms with Crippen molar-refractivity contribution in [2.45, 2.75) is 45.3 Å². The first-order chi connectivity index (χ1) is 11.6. The van der Waals surface area contributed by atoms with Crippen LogP contribution >= 0.6 is 11.6 Å². The Balaban J connectivity index is 1.59. The number of nitrogens with zero attached hydrogens (tertiary/aromatic N) is 2. The van der Waals surface area contributed by atoms with E-state index in [1.165, 1.54) is 0 Å². The molecule has 2 aromatic rings. The van der Waals surface area contributed by atoms with Crippen molar-refractivity contribution >= 4 is 17.6 Å². The normalized spacial score (nSPS) is 17.2. The third kappa shape index (κ3) is 3.97. The number of halogens is 1. The lowest BCUT2D eigenvalue weighted by Crippen LogP contribution is -2.11. The Morgan fingerprint density at radius 1 is 1.42 bits per heavy atom. The molecule has 2 heterocycles. The molecule has 0 saturated carbocycles. The molecular formula is C18H21ClN2O3. The first-order valence-electron chi connectivity index (χ1n) is 8.22. The van der Waals surface area contributed by atoms with Crippen LogP contribution in [0.5, 0.6) is 0 Å². The van der Waals surface area contributed by atoms with Crippen LogP contribution in [0.2, 0.25) is 5.15 Å². The second-order valence-electron chi connectivity index (χ2n) is 5.94. The van der Waals surface area contributed by atoms with Gasteiger partial charge in [-0.1, -0.05) is 29.8 Å². The van der Waals surface area contributed by atoms with E-state index < -0.39 is 0 Å². The molecule has 3 rings (SSSR count). The molecule has 1 atom stereocenters. The lowest BCUT2D eigenvalue weighted by molar-refractivity contribution is -0.145. The van der Waals surface area contributed by atoms with Crippen LogP contribution in [0, 0.1) is 6.92 Å². The minimum atomic E-state index is -0.228. The van der Waals surface area contributed by atoms with E-state index in [0.717, 1.165) is 42.8 Å². The zero-order valence-electron chi connectivity index (χ0n) is 13.7. The molecule has 6 heteroatoms. The van der Waals surface area contributed by atoms with Gasteiger partial charge in [0.1, 0.15) is 11.8 Å². The second kappa shape index (κ2) is 7.81. The van der Waals surface area contributed by atoms with Crippen LogP contribution in [0.25, 0.3) is 5.69 Å². The molecular weight excluding hydrogens is 328 g/mol. The van der Waals surface area contributed by atoms with Crippen LogP contribution in [0.4, 0.5) is 0 Å². The van der Waals surface area contributed by atoms with E-state index in [2.05, 4.69) is 5.10 Å². The van der Waals surface area contributed by atoms with Crippen molar-refractivity contribution in [1.82, 2.24) is 9.78 Å². The SMILES string of the molecule is Cc1nn(-c2ccccc2)c(Cl)c1COC(=O)CCC1CCCO1. The highest BCUT2D eigenvalue weighted by molar-refractivity contribution is 6.30. The average Bonchev–Trinajstić information content (AvgIpc) is 3.21. The first kappa shape index (κ1) is 17.0. The summed E-state index contributed by atoms with van der Waals surface area (Å²) in [5.41, 5.74) is 2.38. The molecule has 0 bridgehead atoms. The number of hydrogen-bond acceptors (Lipinski definition) is 4. The number of ether oxygens (including phenoxy) is 2. The number of aromatic nitrogens is 2. The summed E-state index contributed by atoms with van der Waals surface area (Å²) in [7, 11) is 0. The highest BCUT2D eigenvalue weighted by Gasteiger charge is 2.19. The number of carbonyl (C=O) groups excluding carboxylic acids is 1. The fourth-order valence-corrected chi connectivity index (χ4v) is 3.14. The van der Waals surface area contributed by atoms with Crippen LogP contribution in [0.3, 0.4) is 0 Å². The second-order valence-corrected chi connectivity index (χ2v) is 6.29. The monoisotopic (exact) mass is 348 g/mol. The maximum absolute atomic E-state index is 11.9. The molecule has 1 fully saturated rings. The summed E-state index contributed by atoms with van der Waals surface area (Å²) in [4.78, 5) is 11.9. The van der Waals surface area contributed by atoms with Gasteiger partial charge in [-0.3, -0.25) is 4.79 Å². The fourth-order valence-electron chi connectivity index (χ4n) is 2.81. The van der Waals surface area contributed by atoms with Crippen LogP contribution in [-0.2, 0) is 20.9 Å². The fraction of sp³-hybridized carbons (Fsp3) is 0.444. The maximum atomic E-state index is 11.9. The summed E-state index contributed by atoms with van der Waals surface area (Å²) in [5.74, 6) is -0.228. The van der Waals surface area contributed by atoms with E-state index in [0.29, 0.717) is 11.6 Å². The van der Waals surface area contributed by atoms with Gasteiger partial charge in [0.15, 0.2) is 0 Å². The smallest absolute Gasteiger partial charge is 0.306 e. The summed E-state index contributed by atoms with van der Waals surface area (Å²) in [5, 5.41) is 4.92. The van der Waals surface area contributed by atoms with Crippen molar-refractivity contribution in [3.63, 3.8) is 0 Å². The van der Waals surface area contributed by atoms with Gasteiger partial charge in [-0.15, -0.1) is 0 Å². The summed E-state index contributed by atoms with van der Waals surface area (Å²) in [6.45, 7) is 2.80. The van der Waals surface area contributed by atoms with Crippen molar-refractivity contribution in [2.75, 3.05) is 6.61 Å². The van der Waals surface area contributed by atoms with E-state index >= 15 is 0 Å². The lowest BCUT2D eigenvalue weighted by atomic mass is 10.1. The van der Waals surface area contributed by atoms with Crippen LogP contribution < -0.4 is 0 Å². The molecule has 0 aliphatic carbocycles. The molecule has 0 radical (unpaired) electrons. The third-order valence-corrected chi connectivity index (χ3v) is 4.58. The average molecular weight is 349 g/mol. The van der Waals surface area contributed by atoms with Gasteiger partial charge in [0.2, 0.25) is 0 Å². The van der Waals surface area contributed by atoms with Gasteiger partial charge in [-0.2, -0.15) is 5.10 Å². The predicted octanol–water partition coefficient (Wildman–Crippen LogP) is 3.84. The zero-order valence-corrected chi connectivity index (χ0v) is 14.5. The third-order valence-electron chi connectivity index (χ3n) is 4.19. The van der Waals surface area contributed by atoms with Crippen molar-refractivity contribution < 1.29 is 14.3 Å². The van der Waals surface area contributed by atoms with E-state index in [4.69, 9.17) is 21.1 Å². The Hall–Kier alpha value is -1.85. The van der Waals surface area contributed by atoms with E-state index in [-0.39, 0.29) is 18.7 Å². The molecule has 1 aromatic heterocycles. The summed E-state index contributed by atoms with van der Waals surface area (Å²) < 4.78 is 12.5. The van der Waals surface area contributed by atoms with Crippen molar-refractivity contribution in [2.24, 2.45) is 0 Å². The molecule has 0 spiro atoms. The Morgan fingerprint density at radius 2 is 2.21 bits per heavy atom. The molecule has 0 amide bonds. The number of rotatable bonds is 6. The molecule has 5 nitrogen and oxygen atoms in total. The lowest BCUT2D eigenvalue weighted by Gasteiger charge is -2.09. The van der Waals surface area contributed by atoms with Crippen molar-refractivity contribution in [1.29, 1.82) is 0 Å². The van der Waals surface area contributed by atoms with E-state index in [9.17, 15) is 4.79 Å². The largest absolute Gasteiger partial charge is 0.461 e. The Morgan fingerprint density at radius 3 is 2.92 bits per heavy atom. The summed E-state index contributed by atoms with van der Waals surface area (Å²) >= 11 is 6.42. The zero-order chi connectivity index (χ0) is 16.9. The molecule has 128 valence electrons. The Labute approximate surface area is 146 Å². The van der Waals surface area contributed by atoms with Gasteiger partial charge in [0.25, 0.3) is 0 Å². The number of esters is 1. The highest BCUT2D eigenvalue weighted by Crippen LogP contribution is 2.24. The minimum Gasteiger partial charge on any atom is -0.461 e. The van der Waals surface area contributed by atoms with Crippen molar-refractivity contribution in [3.05, 3.63) is 46.7 Å². The Kier molecular flexibility index (Phi) is 5.53. The van der Waals surface area contributed by atoms with Crippen LogP contribution in [0.15, 0.2) is 30.3 Å². The molecule has 1 unspecified atom stereocenters. The molecule has 1 aliphatic rings. The number of aryl methyl sites for hydroxylation is 1. The number of carbonyl (C=O) groups is 1. The van der Waals surface area contributed by atoms with Gasteiger partial charge in [-0.25, -0.2) is 4.68 Å². The standard InChI is InChI=1S/C18H21ClN2O3/c1-13-16(12-24-17(22)10-9-15-8-5-11-23-15)18(19)21(20-13)14-6-3-2-4-7-14/h2-4,6-7,15H,5,8-12H2,1H3. The minimum absolute atomic E-state index is 0.141. The topological polar surface area (TPSA) is 53.4 Å². The van der Waals surface area contributed by atoms with E-state index in [1.54, 1.807) is 4.68 Å². The molecule has 1 saturated heterocycles. The van der Waals surface area contributed by atoms with Gasteiger partial charge in [0.05, 0.1) is 17.5 Å². The van der Waals surface area contributed by atoms with Gasteiger partial charge in [0, 0.05) is 18.6 Å². The predicted molar refractivity (Wildman–Crippen MR) is 91.3 cm³/mol.